The first-order valence-corrected chi connectivity index (χ1v) is 5.56. The molecule has 0 bridgehead atoms. The number of carbonyl (C=O) groups is 3. The highest BCUT2D eigenvalue weighted by atomic mass is 16.5. The molecule has 0 aromatic heterocycles. The number of likely N-dealkylation sites (N-methyl/N-ethyl adjacent to an activating group) is 1. The number of hydrogen-bond donors (Lipinski definition) is 0. The molecule has 1 unspecified atom stereocenters. The van der Waals surface area contributed by atoms with Crippen LogP contribution in [0.2, 0.25) is 0 Å². The van der Waals surface area contributed by atoms with Crippen LogP contribution in [0.5, 0.6) is 0 Å². The first-order chi connectivity index (χ1) is 7.97. The number of likely N-dealkylation sites (tertiary alicyclic amines) is 1. The highest BCUT2D eigenvalue weighted by Crippen LogP contribution is 2.18. The Balaban J connectivity index is 2.62. The monoisotopic (exact) mass is 242 g/mol. The molecule has 1 atom stereocenters. The zero-order valence-electron chi connectivity index (χ0n) is 10.4. The third-order valence-electron chi connectivity index (χ3n) is 2.96. The van der Waals surface area contributed by atoms with Gasteiger partial charge in [0.25, 0.3) is 0 Å². The van der Waals surface area contributed by atoms with Crippen LogP contribution >= 0.6 is 0 Å². The second-order valence-electron chi connectivity index (χ2n) is 4.14. The van der Waals surface area contributed by atoms with Crippen molar-refractivity contribution in [2.75, 3.05) is 27.2 Å². The third kappa shape index (κ3) is 3.18. The summed E-state index contributed by atoms with van der Waals surface area (Å²) in [5.74, 6) is -0.774. The van der Waals surface area contributed by atoms with Gasteiger partial charge >= 0.3 is 5.97 Å². The van der Waals surface area contributed by atoms with Crippen molar-refractivity contribution in [1.29, 1.82) is 0 Å². The summed E-state index contributed by atoms with van der Waals surface area (Å²) in [5.41, 5.74) is 0. The van der Waals surface area contributed by atoms with Crippen LogP contribution in [0.3, 0.4) is 0 Å². The second kappa shape index (κ2) is 5.65. The number of nitrogens with zero attached hydrogens (tertiary/aromatic N) is 2. The molecule has 1 saturated heterocycles. The number of hydrogen-bond acceptors (Lipinski definition) is 4. The van der Waals surface area contributed by atoms with Gasteiger partial charge in [-0.25, -0.2) is 4.79 Å². The van der Waals surface area contributed by atoms with Gasteiger partial charge in [0, 0.05) is 20.5 Å². The Bertz CT molecular complexity index is 329. The molecular weight excluding hydrogens is 224 g/mol. The van der Waals surface area contributed by atoms with Crippen LogP contribution in [0.25, 0.3) is 0 Å². The number of amides is 2. The summed E-state index contributed by atoms with van der Waals surface area (Å²) in [6, 6.07) is -0.493. The Kier molecular flexibility index (Phi) is 4.48. The summed E-state index contributed by atoms with van der Waals surface area (Å²) in [6.07, 6.45) is 1.41. The van der Waals surface area contributed by atoms with Crippen LogP contribution in [0, 0.1) is 0 Å². The second-order valence-corrected chi connectivity index (χ2v) is 4.14. The highest BCUT2D eigenvalue weighted by Gasteiger charge is 2.35. The Morgan fingerprint density at radius 3 is 2.59 bits per heavy atom. The zero-order valence-corrected chi connectivity index (χ0v) is 10.4. The standard InChI is InChI=1S/C11H18N2O4/c1-8(14)12(2)7-10(15)13-6-4-5-9(13)11(16)17-3/h9H,4-7H2,1-3H3. The Morgan fingerprint density at radius 1 is 1.41 bits per heavy atom. The maximum Gasteiger partial charge on any atom is 0.328 e. The van der Waals surface area contributed by atoms with Gasteiger partial charge in [-0.1, -0.05) is 0 Å². The molecule has 6 heteroatoms. The predicted octanol–water partition coefficient (Wildman–Crippen LogP) is -0.371. The topological polar surface area (TPSA) is 66.9 Å². The van der Waals surface area contributed by atoms with Crippen LogP contribution in [-0.4, -0.2) is 60.9 Å². The first-order valence-electron chi connectivity index (χ1n) is 5.56. The number of rotatable bonds is 3. The maximum atomic E-state index is 11.9. The van der Waals surface area contributed by atoms with E-state index in [4.69, 9.17) is 0 Å². The van der Waals surface area contributed by atoms with Gasteiger partial charge < -0.3 is 14.5 Å². The Labute approximate surface area is 101 Å². The van der Waals surface area contributed by atoms with E-state index in [1.54, 1.807) is 7.05 Å². The number of carbonyl (C=O) groups excluding carboxylic acids is 3. The van der Waals surface area contributed by atoms with Gasteiger partial charge in [-0.15, -0.1) is 0 Å². The maximum absolute atomic E-state index is 11.9. The smallest absolute Gasteiger partial charge is 0.328 e. The van der Waals surface area contributed by atoms with Gasteiger partial charge in [0.1, 0.15) is 6.04 Å². The average Bonchev–Trinajstić information content (AvgIpc) is 2.76. The summed E-state index contributed by atoms with van der Waals surface area (Å²) in [5, 5.41) is 0. The average molecular weight is 242 g/mol. The minimum Gasteiger partial charge on any atom is -0.467 e. The molecule has 0 aliphatic carbocycles. The quantitative estimate of drug-likeness (QED) is 0.633. The lowest BCUT2D eigenvalue weighted by Crippen LogP contribution is -2.46. The van der Waals surface area contributed by atoms with Crippen molar-refractivity contribution in [3.63, 3.8) is 0 Å². The summed E-state index contributed by atoms with van der Waals surface area (Å²) in [6.45, 7) is 1.95. The largest absolute Gasteiger partial charge is 0.467 e. The predicted molar refractivity (Wildman–Crippen MR) is 60.1 cm³/mol. The molecule has 0 saturated carbocycles. The van der Waals surface area contributed by atoms with Crippen molar-refractivity contribution in [2.45, 2.75) is 25.8 Å². The fraction of sp³-hybridized carbons (Fsp3) is 0.727. The molecule has 96 valence electrons. The lowest BCUT2D eigenvalue weighted by Gasteiger charge is -2.25. The summed E-state index contributed by atoms with van der Waals surface area (Å²) in [4.78, 5) is 37.2. The SMILES string of the molecule is COC(=O)C1CCCN1C(=O)CN(C)C(C)=O. The van der Waals surface area contributed by atoms with Crippen LogP contribution in [-0.2, 0) is 19.1 Å². The van der Waals surface area contributed by atoms with E-state index in [1.165, 1.54) is 23.8 Å². The number of ether oxygens (including phenoxy) is 1. The molecule has 1 aliphatic rings. The van der Waals surface area contributed by atoms with Crippen molar-refractivity contribution in [2.24, 2.45) is 0 Å². The van der Waals surface area contributed by atoms with E-state index in [1.807, 2.05) is 0 Å². The van der Waals surface area contributed by atoms with Gasteiger partial charge in [-0.2, -0.15) is 0 Å². The van der Waals surface area contributed by atoms with Gasteiger partial charge in [0.15, 0.2) is 0 Å². The van der Waals surface area contributed by atoms with E-state index in [-0.39, 0.29) is 24.3 Å². The Hall–Kier alpha value is -1.59. The van der Waals surface area contributed by atoms with Gasteiger partial charge in [0.05, 0.1) is 13.7 Å². The molecule has 2 amide bonds. The molecule has 1 fully saturated rings. The first kappa shape index (κ1) is 13.5. The van der Waals surface area contributed by atoms with Crippen molar-refractivity contribution in [1.82, 2.24) is 9.80 Å². The minimum atomic E-state index is -0.493. The molecule has 1 aliphatic heterocycles. The molecule has 6 nitrogen and oxygen atoms in total. The number of esters is 1. The molecular formula is C11H18N2O4. The normalized spacial score (nSPS) is 19.0. The minimum absolute atomic E-state index is 0.00281. The molecule has 0 radical (unpaired) electrons. The summed E-state index contributed by atoms with van der Waals surface area (Å²) >= 11 is 0. The van der Waals surface area contributed by atoms with E-state index in [9.17, 15) is 14.4 Å². The highest BCUT2D eigenvalue weighted by molar-refractivity contribution is 5.88. The van der Waals surface area contributed by atoms with Crippen molar-refractivity contribution < 1.29 is 19.1 Å². The van der Waals surface area contributed by atoms with Crippen LogP contribution in [0.15, 0.2) is 0 Å². The molecule has 17 heavy (non-hydrogen) atoms. The van der Waals surface area contributed by atoms with E-state index >= 15 is 0 Å². The van der Waals surface area contributed by atoms with Gasteiger partial charge in [-0.3, -0.25) is 9.59 Å². The van der Waals surface area contributed by atoms with E-state index in [2.05, 4.69) is 4.74 Å². The zero-order chi connectivity index (χ0) is 13.0. The lowest BCUT2D eigenvalue weighted by molar-refractivity contribution is -0.151. The molecule has 0 aromatic carbocycles. The van der Waals surface area contributed by atoms with E-state index < -0.39 is 6.04 Å². The molecule has 0 aromatic rings. The summed E-state index contributed by atoms with van der Waals surface area (Å²) in [7, 11) is 2.87. The van der Waals surface area contributed by atoms with E-state index in [0.29, 0.717) is 13.0 Å². The summed E-state index contributed by atoms with van der Waals surface area (Å²) < 4.78 is 4.65. The van der Waals surface area contributed by atoms with Crippen molar-refractivity contribution in [3.8, 4) is 0 Å². The molecule has 1 heterocycles. The van der Waals surface area contributed by atoms with Crippen LogP contribution in [0.4, 0.5) is 0 Å². The molecule has 1 rings (SSSR count). The van der Waals surface area contributed by atoms with Gasteiger partial charge in [-0.05, 0) is 12.8 Å². The fourth-order valence-electron chi connectivity index (χ4n) is 1.85. The van der Waals surface area contributed by atoms with Crippen LogP contribution < -0.4 is 0 Å². The van der Waals surface area contributed by atoms with Crippen molar-refractivity contribution in [3.05, 3.63) is 0 Å². The Morgan fingerprint density at radius 2 is 2.06 bits per heavy atom. The van der Waals surface area contributed by atoms with E-state index in [0.717, 1.165) is 6.42 Å². The molecule has 0 spiro atoms. The van der Waals surface area contributed by atoms with Gasteiger partial charge in [0.2, 0.25) is 11.8 Å². The third-order valence-corrected chi connectivity index (χ3v) is 2.96. The number of methoxy groups -OCH3 is 1. The lowest BCUT2D eigenvalue weighted by atomic mass is 10.2. The van der Waals surface area contributed by atoms with Crippen LogP contribution in [0.1, 0.15) is 19.8 Å². The fourth-order valence-corrected chi connectivity index (χ4v) is 1.85. The van der Waals surface area contributed by atoms with Crippen molar-refractivity contribution >= 4 is 17.8 Å². The molecule has 0 N–H and O–H groups in total.